The number of amides is 2. The minimum absolute atomic E-state index is 0.00769. The standard InChI is InChI=1S/C13H18N2O2S/c1-4-10-11(16)15(7-9-5-6-18-8-9)13(2,3)12(17)14-10/h5-6,8,10H,4,7H2,1-3H3,(H,14,17). The Hall–Kier alpha value is -1.36. The number of carbonyl (C=O) groups excluding carboxylic acids is 2. The summed E-state index contributed by atoms with van der Waals surface area (Å²) < 4.78 is 0. The molecule has 0 aliphatic carbocycles. The molecule has 1 aromatic rings. The van der Waals surface area contributed by atoms with Gasteiger partial charge < -0.3 is 10.2 Å². The lowest BCUT2D eigenvalue weighted by Gasteiger charge is -2.44. The molecule has 2 heterocycles. The van der Waals surface area contributed by atoms with Crippen LogP contribution in [0.3, 0.4) is 0 Å². The average Bonchev–Trinajstić information content (AvgIpc) is 2.82. The van der Waals surface area contributed by atoms with Gasteiger partial charge >= 0.3 is 0 Å². The van der Waals surface area contributed by atoms with Gasteiger partial charge in [-0.2, -0.15) is 11.3 Å². The molecule has 1 fully saturated rings. The van der Waals surface area contributed by atoms with Crippen molar-refractivity contribution in [1.82, 2.24) is 10.2 Å². The highest BCUT2D eigenvalue weighted by atomic mass is 32.1. The van der Waals surface area contributed by atoms with Gasteiger partial charge in [-0.25, -0.2) is 0 Å². The molecule has 18 heavy (non-hydrogen) atoms. The fourth-order valence-electron chi connectivity index (χ4n) is 2.10. The van der Waals surface area contributed by atoms with Crippen LogP contribution in [0.25, 0.3) is 0 Å². The van der Waals surface area contributed by atoms with Crippen molar-refractivity contribution in [2.24, 2.45) is 0 Å². The van der Waals surface area contributed by atoms with Crippen molar-refractivity contribution in [3.05, 3.63) is 22.4 Å². The minimum atomic E-state index is -0.787. The fourth-order valence-corrected chi connectivity index (χ4v) is 2.76. The average molecular weight is 266 g/mol. The van der Waals surface area contributed by atoms with Crippen molar-refractivity contribution in [3.8, 4) is 0 Å². The second-order valence-corrected chi connectivity index (χ2v) is 5.83. The predicted molar refractivity (Wildman–Crippen MR) is 71.2 cm³/mol. The van der Waals surface area contributed by atoms with Crippen molar-refractivity contribution in [3.63, 3.8) is 0 Å². The molecule has 4 nitrogen and oxygen atoms in total. The van der Waals surface area contributed by atoms with Crippen LogP contribution < -0.4 is 5.32 Å². The zero-order valence-electron chi connectivity index (χ0n) is 10.9. The first kappa shape index (κ1) is 13.1. The Morgan fingerprint density at radius 3 is 2.72 bits per heavy atom. The minimum Gasteiger partial charge on any atom is -0.342 e. The molecule has 0 spiro atoms. The third kappa shape index (κ3) is 2.14. The van der Waals surface area contributed by atoms with Gasteiger partial charge in [0, 0.05) is 6.54 Å². The summed E-state index contributed by atoms with van der Waals surface area (Å²) in [5.41, 5.74) is 0.288. The molecule has 1 unspecified atom stereocenters. The maximum Gasteiger partial charge on any atom is 0.246 e. The molecular formula is C13H18N2O2S. The molecule has 1 aliphatic rings. The number of rotatable bonds is 3. The Kier molecular flexibility index (Phi) is 3.43. The van der Waals surface area contributed by atoms with E-state index in [1.165, 1.54) is 0 Å². The molecule has 1 saturated heterocycles. The Morgan fingerprint density at radius 1 is 1.44 bits per heavy atom. The molecule has 0 aromatic carbocycles. The van der Waals surface area contributed by atoms with Gasteiger partial charge in [-0.3, -0.25) is 9.59 Å². The van der Waals surface area contributed by atoms with Crippen molar-refractivity contribution in [2.75, 3.05) is 0 Å². The van der Waals surface area contributed by atoms with Gasteiger partial charge in [-0.05, 0) is 42.7 Å². The summed E-state index contributed by atoms with van der Waals surface area (Å²) in [5, 5.41) is 6.78. The van der Waals surface area contributed by atoms with E-state index >= 15 is 0 Å². The Bertz CT molecular complexity index is 454. The molecule has 1 aromatic heterocycles. The molecule has 1 atom stereocenters. The van der Waals surface area contributed by atoms with E-state index in [9.17, 15) is 9.59 Å². The van der Waals surface area contributed by atoms with Crippen LogP contribution in [-0.2, 0) is 16.1 Å². The molecule has 2 rings (SSSR count). The van der Waals surface area contributed by atoms with Crippen molar-refractivity contribution in [2.45, 2.75) is 45.3 Å². The fraction of sp³-hybridized carbons (Fsp3) is 0.538. The highest BCUT2D eigenvalue weighted by Crippen LogP contribution is 2.25. The van der Waals surface area contributed by atoms with Gasteiger partial charge in [0.25, 0.3) is 0 Å². The number of carbonyl (C=O) groups is 2. The van der Waals surface area contributed by atoms with Crippen molar-refractivity contribution >= 4 is 23.2 Å². The Balaban J connectivity index is 2.27. The van der Waals surface area contributed by atoms with Crippen LogP contribution in [-0.4, -0.2) is 28.3 Å². The maximum absolute atomic E-state index is 12.4. The Morgan fingerprint density at radius 2 is 2.17 bits per heavy atom. The monoisotopic (exact) mass is 266 g/mol. The summed E-state index contributed by atoms with van der Waals surface area (Å²) in [6.45, 7) is 5.99. The highest BCUT2D eigenvalue weighted by Gasteiger charge is 2.45. The molecule has 0 saturated carbocycles. The van der Waals surface area contributed by atoms with Crippen LogP contribution in [0, 0.1) is 0 Å². The first-order valence-electron chi connectivity index (χ1n) is 6.10. The molecule has 1 N–H and O–H groups in total. The van der Waals surface area contributed by atoms with E-state index in [-0.39, 0.29) is 17.9 Å². The van der Waals surface area contributed by atoms with Gasteiger partial charge in [0.1, 0.15) is 11.6 Å². The normalized spacial score (nSPS) is 23.1. The molecule has 0 bridgehead atoms. The number of nitrogens with zero attached hydrogens (tertiary/aromatic N) is 1. The molecule has 5 heteroatoms. The van der Waals surface area contributed by atoms with Gasteiger partial charge in [0.2, 0.25) is 11.8 Å². The van der Waals surface area contributed by atoms with Crippen molar-refractivity contribution in [1.29, 1.82) is 0 Å². The van der Waals surface area contributed by atoms with Crippen LogP contribution in [0.2, 0.25) is 0 Å². The van der Waals surface area contributed by atoms with E-state index in [1.54, 1.807) is 30.1 Å². The molecule has 0 radical (unpaired) electrons. The van der Waals surface area contributed by atoms with E-state index < -0.39 is 5.54 Å². The zero-order valence-corrected chi connectivity index (χ0v) is 11.7. The molecule has 2 amide bonds. The van der Waals surface area contributed by atoms with Crippen LogP contribution >= 0.6 is 11.3 Å². The van der Waals surface area contributed by atoms with E-state index in [1.807, 2.05) is 23.8 Å². The van der Waals surface area contributed by atoms with Gasteiger partial charge in [-0.1, -0.05) is 6.92 Å². The molecule has 98 valence electrons. The van der Waals surface area contributed by atoms with E-state index in [2.05, 4.69) is 5.32 Å². The van der Waals surface area contributed by atoms with Crippen LogP contribution in [0.15, 0.2) is 16.8 Å². The lowest BCUT2D eigenvalue weighted by molar-refractivity contribution is -0.156. The number of hydrogen-bond donors (Lipinski definition) is 1. The second-order valence-electron chi connectivity index (χ2n) is 5.05. The molecule has 1 aliphatic heterocycles. The quantitative estimate of drug-likeness (QED) is 0.906. The first-order valence-corrected chi connectivity index (χ1v) is 7.04. The maximum atomic E-state index is 12.4. The van der Waals surface area contributed by atoms with Crippen molar-refractivity contribution < 1.29 is 9.59 Å². The number of piperazine rings is 1. The lowest BCUT2D eigenvalue weighted by Crippen LogP contribution is -2.67. The zero-order chi connectivity index (χ0) is 13.3. The van der Waals surface area contributed by atoms with E-state index in [0.717, 1.165) is 5.56 Å². The highest BCUT2D eigenvalue weighted by molar-refractivity contribution is 7.07. The van der Waals surface area contributed by atoms with Gasteiger partial charge in [-0.15, -0.1) is 0 Å². The summed E-state index contributed by atoms with van der Waals surface area (Å²) in [5.74, 6) is -0.0718. The summed E-state index contributed by atoms with van der Waals surface area (Å²) in [6, 6.07) is 1.60. The first-order chi connectivity index (χ1) is 8.46. The summed E-state index contributed by atoms with van der Waals surface area (Å²) in [4.78, 5) is 26.1. The third-order valence-corrected chi connectivity index (χ3v) is 4.16. The van der Waals surface area contributed by atoms with Gasteiger partial charge in [0.15, 0.2) is 0 Å². The number of hydrogen-bond acceptors (Lipinski definition) is 3. The summed E-state index contributed by atoms with van der Waals surface area (Å²) in [6.07, 6.45) is 0.626. The van der Waals surface area contributed by atoms with Crippen LogP contribution in [0.4, 0.5) is 0 Å². The summed E-state index contributed by atoms with van der Waals surface area (Å²) >= 11 is 1.60. The largest absolute Gasteiger partial charge is 0.342 e. The van der Waals surface area contributed by atoms with Crippen LogP contribution in [0.1, 0.15) is 32.8 Å². The van der Waals surface area contributed by atoms with Crippen LogP contribution in [0.5, 0.6) is 0 Å². The number of thiophene rings is 1. The van der Waals surface area contributed by atoms with E-state index in [0.29, 0.717) is 13.0 Å². The lowest BCUT2D eigenvalue weighted by atomic mass is 9.94. The van der Waals surface area contributed by atoms with Gasteiger partial charge in [0.05, 0.1) is 0 Å². The smallest absolute Gasteiger partial charge is 0.246 e. The number of nitrogens with one attached hydrogen (secondary N) is 1. The summed E-state index contributed by atoms with van der Waals surface area (Å²) in [7, 11) is 0. The van der Waals surface area contributed by atoms with E-state index in [4.69, 9.17) is 0 Å². The molecular weight excluding hydrogens is 248 g/mol. The SMILES string of the molecule is CCC1NC(=O)C(C)(C)N(Cc2ccsc2)C1=O. The third-order valence-electron chi connectivity index (χ3n) is 3.43. The predicted octanol–water partition coefficient (Wildman–Crippen LogP) is 1.76. The second kappa shape index (κ2) is 4.72. The Labute approximate surface area is 111 Å². The topological polar surface area (TPSA) is 49.4 Å².